The summed E-state index contributed by atoms with van der Waals surface area (Å²) >= 11 is 3.51. The molecule has 0 bridgehead atoms. The topological polar surface area (TPSA) is 42.2 Å². The highest BCUT2D eigenvalue weighted by atomic mass is 32.2. The van der Waals surface area contributed by atoms with Crippen molar-refractivity contribution in [2.45, 2.75) is 49.0 Å². The van der Waals surface area contributed by atoms with Crippen LogP contribution in [-0.2, 0) is 11.2 Å². The summed E-state index contributed by atoms with van der Waals surface area (Å²) in [4.78, 5) is 11.3. The summed E-state index contributed by atoms with van der Waals surface area (Å²) in [6.07, 6.45) is 8.49. The first-order valence-electron chi connectivity index (χ1n) is 7.63. The Morgan fingerprint density at radius 2 is 2.00 bits per heavy atom. The monoisotopic (exact) mass is 336 g/mol. The molecule has 119 valence electrons. The van der Waals surface area contributed by atoms with Crippen molar-refractivity contribution in [2.24, 2.45) is 0 Å². The van der Waals surface area contributed by atoms with Gasteiger partial charge >= 0.3 is 0 Å². The van der Waals surface area contributed by atoms with Crippen LogP contribution < -0.4 is 4.90 Å². The Balaban J connectivity index is 1.57. The Kier molecular flexibility index (Phi) is 4.78. The number of anilines is 1. The molecule has 6 heteroatoms. The molecular formula is C16H22N3OS2. The fourth-order valence-corrected chi connectivity index (χ4v) is 4.13. The molecule has 0 spiro atoms. The number of piperidine rings is 1. The highest BCUT2D eigenvalue weighted by molar-refractivity contribution is 8.00. The highest BCUT2D eigenvalue weighted by Gasteiger charge is 2.19. The van der Waals surface area contributed by atoms with Crippen molar-refractivity contribution in [3.63, 3.8) is 0 Å². The number of hydrogen-bond donors (Lipinski definition) is 0. The third kappa shape index (κ3) is 3.84. The molecule has 2 aromatic rings. The molecule has 0 aromatic carbocycles. The van der Waals surface area contributed by atoms with E-state index in [2.05, 4.69) is 42.1 Å². The van der Waals surface area contributed by atoms with E-state index in [0.29, 0.717) is 0 Å². The molecule has 2 aromatic heterocycles. The molecule has 1 radical (unpaired) electrons. The molecule has 0 saturated carbocycles. The first kappa shape index (κ1) is 15.9. The summed E-state index contributed by atoms with van der Waals surface area (Å²) < 4.78 is 7.05. The summed E-state index contributed by atoms with van der Waals surface area (Å²) in [7, 11) is 0. The maximum Gasteiger partial charge on any atom is 0.204 e. The summed E-state index contributed by atoms with van der Waals surface area (Å²) in [6.45, 7) is 8.58. The number of hydrogen-bond acceptors (Lipinski definition) is 6. The minimum absolute atomic E-state index is 0.0128. The molecule has 3 rings (SSSR count). The number of nitrogens with zero attached hydrogens (tertiary/aromatic N) is 3. The fraction of sp³-hybridized carbons (Fsp3) is 0.562. The van der Waals surface area contributed by atoms with Crippen LogP contribution in [0.3, 0.4) is 0 Å². The van der Waals surface area contributed by atoms with E-state index in [4.69, 9.17) is 4.42 Å². The lowest BCUT2D eigenvalue weighted by Crippen LogP contribution is -2.29. The van der Waals surface area contributed by atoms with Gasteiger partial charge in [0.25, 0.3) is 0 Å². The van der Waals surface area contributed by atoms with Gasteiger partial charge in [-0.15, -0.1) is 11.8 Å². The van der Waals surface area contributed by atoms with Gasteiger partial charge in [0.1, 0.15) is 5.76 Å². The molecule has 22 heavy (non-hydrogen) atoms. The molecule has 0 aliphatic carbocycles. The summed E-state index contributed by atoms with van der Waals surface area (Å²) in [5.74, 6) is 2.49. The summed E-state index contributed by atoms with van der Waals surface area (Å²) in [5.41, 5.74) is 0.0128. The Morgan fingerprint density at radius 1 is 1.23 bits per heavy atom. The Labute approximate surface area is 140 Å². The molecule has 1 aliphatic rings. The molecule has 4 nitrogen and oxygen atoms in total. The van der Waals surface area contributed by atoms with Crippen LogP contribution in [0.5, 0.6) is 0 Å². The first-order valence-corrected chi connectivity index (χ1v) is 9.43. The zero-order chi connectivity index (χ0) is 15.6. The number of oxazole rings is 1. The Morgan fingerprint density at radius 3 is 2.68 bits per heavy atom. The van der Waals surface area contributed by atoms with Gasteiger partial charge in [-0.05, 0) is 19.3 Å². The van der Waals surface area contributed by atoms with Crippen molar-refractivity contribution in [3.05, 3.63) is 30.5 Å². The van der Waals surface area contributed by atoms with Crippen molar-refractivity contribution in [1.29, 1.82) is 0 Å². The number of rotatable bonds is 4. The largest absolute Gasteiger partial charge is 0.444 e. The van der Waals surface area contributed by atoms with Crippen LogP contribution in [0.15, 0.2) is 21.0 Å². The average molecular weight is 337 g/mol. The third-order valence-electron chi connectivity index (χ3n) is 3.58. The lowest BCUT2D eigenvalue weighted by Gasteiger charge is -2.25. The highest BCUT2D eigenvalue weighted by Crippen LogP contribution is 2.34. The Bertz CT molecular complexity index is 609. The van der Waals surface area contributed by atoms with Gasteiger partial charge in [0.15, 0.2) is 5.13 Å². The van der Waals surface area contributed by atoms with Gasteiger partial charge in [0.2, 0.25) is 5.89 Å². The van der Waals surface area contributed by atoms with Crippen LogP contribution in [0, 0.1) is 6.42 Å². The van der Waals surface area contributed by atoms with Crippen molar-refractivity contribution < 1.29 is 4.42 Å². The van der Waals surface area contributed by atoms with Crippen LogP contribution in [0.4, 0.5) is 5.13 Å². The van der Waals surface area contributed by atoms with Gasteiger partial charge in [-0.1, -0.05) is 32.1 Å². The predicted molar refractivity (Wildman–Crippen MR) is 92.6 cm³/mol. The second kappa shape index (κ2) is 6.62. The van der Waals surface area contributed by atoms with Crippen LogP contribution >= 0.6 is 23.1 Å². The molecule has 1 saturated heterocycles. The standard InChI is InChI=1S/C16H22N3OS2/c1-16(2,3)12-9-17-13(20-12)11-21-14-10-18-15(22-14)19-7-5-4-6-8-19/h4,9-10H,5-8,11H2,1-3H3. The summed E-state index contributed by atoms with van der Waals surface area (Å²) in [5, 5.41) is 1.14. The van der Waals surface area contributed by atoms with Crippen molar-refractivity contribution in [1.82, 2.24) is 9.97 Å². The van der Waals surface area contributed by atoms with E-state index in [-0.39, 0.29) is 5.41 Å². The molecule has 0 amide bonds. The zero-order valence-electron chi connectivity index (χ0n) is 13.3. The minimum Gasteiger partial charge on any atom is -0.444 e. The van der Waals surface area contributed by atoms with Gasteiger partial charge in [-0.25, -0.2) is 9.97 Å². The van der Waals surface area contributed by atoms with Crippen molar-refractivity contribution in [2.75, 3.05) is 18.0 Å². The number of thioether (sulfide) groups is 1. The second-order valence-corrected chi connectivity index (χ2v) is 8.76. The average Bonchev–Trinajstić information content (AvgIpc) is 3.15. The minimum atomic E-state index is 0.0128. The second-order valence-electron chi connectivity index (χ2n) is 6.47. The van der Waals surface area contributed by atoms with Gasteiger partial charge in [-0.3, -0.25) is 0 Å². The van der Waals surface area contributed by atoms with Crippen molar-refractivity contribution >= 4 is 28.2 Å². The SMILES string of the molecule is CC(C)(C)c1cnc(CSc2cnc(N3CC[CH]CC3)s2)o1. The predicted octanol–water partition coefficient (Wildman–Crippen LogP) is 4.53. The molecule has 3 heterocycles. The van der Waals surface area contributed by atoms with E-state index in [1.54, 1.807) is 23.1 Å². The molecule has 0 unspecified atom stereocenters. The van der Waals surface area contributed by atoms with Crippen LogP contribution in [-0.4, -0.2) is 23.1 Å². The molecule has 0 N–H and O–H groups in total. The van der Waals surface area contributed by atoms with E-state index in [0.717, 1.165) is 48.5 Å². The number of aromatic nitrogens is 2. The van der Waals surface area contributed by atoms with E-state index >= 15 is 0 Å². The van der Waals surface area contributed by atoms with E-state index in [1.165, 1.54) is 4.21 Å². The van der Waals surface area contributed by atoms with E-state index in [9.17, 15) is 0 Å². The first-order chi connectivity index (χ1) is 10.5. The van der Waals surface area contributed by atoms with Crippen LogP contribution in [0.25, 0.3) is 0 Å². The van der Waals surface area contributed by atoms with Gasteiger partial charge in [0, 0.05) is 18.5 Å². The maximum absolute atomic E-state index is 5.83. The van der Waals surface area contributed by atoms with Crippen LogP contribution in [0.1, 0.15) is 45.3 Å². The van der Waals surface area contributed by atoms with Gasteiger partial charge in [0.05, 0.1) is 22.4 Å². The zero-order valence-corrected chi connectivity index (χ0v) is 15.0. The smallest absolute Gasteiger partial charge is 0.204 e. The fourth-order valence-electron chi connectivity index (χ4n) is 2.26. The normalized spacial score (nSPS) is 16.2. The van der Waals surface area contributed by atoms with Crippen LogP contribution in [0.2, 0.25) is 0 Å². The molecule has 0 atom stereocenters. The molecule has 1 aliphatic heterocycles. The summed E-state index contributed by atoms with van der Waals surface area (Å²) in [6, 6.07) is 0. The van der Waals surface area contributed by atoms with E-state index < -0.39 is 0 Å². The third-order valence-corrected chi connectivity index (χ3v) is 5.82. The molecule has 1 fully saturated rings. The lowest BCUT2D eigenvalue weighted by atomic mass is 9.94. The van der Waals surface area contributed by atoms with E-state index in [1.807, 2.05) is 12.4 Å². The Hall–Kier alpha value is -1.01. The lowest BCUT2D eigenvalue weighted by molar-refractivity contribution is 0.391. The number of thiazole rings is 1. The van der Waals surface area contributed by atoms with Gasteiger partial charge < -0.3 is 9.32 Å². The van der Waals surface area contributed by atoms with Gasteiger partial charge in [-0.2, -0.15) is 0 Å². The maximum atomic E-state index is 5.83. The quantitative estimate of drug-likeness (QED) is 0.768. The molecular weight excluding hydrogens is 314 g/mol. The van der Waals surface area contributed by atoms with Crippen molar-refractivity contribution in [3.8, 4) is 0 Å².